The number of thiophene rings is 1. The van der Waals surface area contributed by atoms with E-state index in [0.29, 0.717) is 56.1 Å². The fourth-order valence-electron chi connectivity index (χ4n) is 4.89. The molecule has 6 nitrogen and oxygen atoms in total. The summed E-state index contributed by atoms with van der Waals surface area (Å²) in [5.41, 5.74) is 2.49. The lowest BCUT2D eigenvalue weighted by Gasteiger charge is -2.23. The minimum absolute atomic E-state index is 0.218. The molecule has 2 aromatic heterocycles. The summed E-state index contributed by atoms with van der Waals surface area (Å²) in [5, 5.41) is 3.40. The molecule has 2 amide bonds. The molecule has 3 heterocycles. The molecule has 0 aliphatic carbocycles. The van der Waals surface area contributed by atoms with Crippen molar-refractivity contribution in [2.45, 2.75) is 29.7 Å². The second kappa shape index (κ2) is 11.8. The largest absolute Gasteiger partial charge is 0.278 e. The second-order valence-corrected chi connectivity index (χ2v) is 12.5. The summed E-state index contributed by atoms with van der Waals surface area (Å²) in [5.74, 6) is -0.636. The fourth-order valence-corrected chi connectivity index (χ4v) is 7.34. The van der Waals surface area contributed by atoms with Crippen molar-refractivity contribution in [3.8, 4) is 16.8 Å². The maximum absolute atomic E-state index is 14.2. The zero-order valence-electron chi connectivity index (χ0n) is 21.6. The summed E-state index contributed by atoms with van der Waals surface area (Å²) in [4.78, 5) is 48.1. The molecule has 6 rings (SSSR count). The van der Waals surface area contributed by atoms with Crippen molar-refractivity contribution in [2.75, 3.05) is 6.54 Å². The van der Waals surface area contributed by atoms with E-state index in [1.165, 1.54) is 28.0 Å². The van der Waals surface area contributed by atoms with E-state index in [0.717, 1.165) is 17.5 Å². The first kappa shape index (κ1) is 27.7. The van der Waals surface area contributed by atoms with Crippen LogP contribution in [0.4, 0.5) is 0 Å². The van der Waals surface area contributed by atoms with Gasteiger partial charge in [0.05, 0.1) is 16.3 Å². The van der Waals surface area contributed by atoms with Crippen molar-refractivity contribution in [3.05, 3.63) is 110 Å². The van der Waals surface area contributed by atoms with Crippen LogP contribution in [0, 0.1) is 0 Å². The number of carbonyl (C=O) groups excluding carboxylic acids is 2. The molecule has 0 spiro atoms. The number of thioether (sulfide) groups is 1. The number of hydrogen-bond acceptors (Lipinski definition) is 6. The highest BCUT2D eigenvalue weighted by Gasteiger charge is 2.34. The molecule has 1 saturated heterocycles. The molecule has 0 unspecified atom stereocenters. The van der Waals surface area contributed by atoms with E-state index in [1.54, 1.807) is 41.0 Å². The minimum Gasteiger partial charge on any atom is -0.278 e. The number of halogens is 2. The van der Waals surface area contributed by atoms with Crippen molar-refractivity contribution >= 4 is 68.3 Å². The Labute approximate surface area is 254 Å². The highest BCUT2D eigenvalue weighted by molar-refractivity contribution is 8.00. The Kier molecular flexibility index (Phi) is 7.99. The molecule has 206 valence electrons. The van der Waals surface area contributed by atoms with Crippen molar-refractivity contribution in [3.63, 3.8) is 0 Å². The minimum atomic E-state index is -0.580. The Morgan fingerprint density at radius 1 is 0.902 bits per heavy atom. The first-order valence-electron chi connectivity index (χ1n) is 13.0. The van der Waals surface area contributed by atoms with Crippen LogP contribution in [0.15, 0.2) is 94.2 Å². The van der Waals surface area contributed by atoms with Crippen LogP contribution in [-0.2, 0) is 4.79 Å². The SMILES string of the molecule is O=C(c1ccc(Cl)cc1)N1CCCC[C@H](Sc2nc3scc(-c4ccc(Cl)cc4)c3c(=O)n2-c2ccccc2)C1=O. The molecule has 5 aromatic rings. The van der Waals surface area contributed by atoms with Gasteiger partial charge in [-0.25, -0.2) is 4.98 Å². The van der Waals surface area contributed by atoms with Gasteiger partial charge in [-0.3, -0.25) is 23.9 Å². The third-order valence-electron chi connectivity index (χ3n) is 6.97. The average molecular weight is 621 g/mol. The number of amides is 2. The van der Waals surface area contributed by atoms with Gasteiger partial charge in [-0.05, 0) is 66.9 Å². The summed E-state index contributed by atoms with van der Waals surface area (Å²) in [6.07, 6.45) is 2.04. The van der Waals surface area contributed by atoms with Crippen LogP contribution in [0.3, 0.4) is 0 Å². The predicted molar refractivity (Wildman–Crippen MR) is 167 cm³/mol. The Balaban J connectivity index is 1.42. The molecule has 1 aliphatic heterocycles. The maximum Gasteiger partial charge on any atom is 0.268 e. The molecule has 1 fully saturated rings. The summed E-state index contributed by atoms with van der Waals surface area (Å²) in [6.45, 7) is 0.338. The van der Waals surface area contributed by atoms with E-state index in [4.69, 9.17) is 28.2 Å². The average Bonchev–Trinajstić information content (AvgIpc) is 3.33. The molecule has 0 radical (unpaired) electrons. The smallest absolute Gasteiger partial charge is 0.268 e. The molecule has 41 heavy (non-hydrogen) atoms. The lowest BCUT2D eigenvalue weighted by Crippen LogP contribution is -2.41. The van der Waals surface area contributed by atoms with Gasteiger partial charge >= 0.3 is 0 Å². The van der Waals surface area contributed by atoms with Crippen LogP contribution in [0.25, 0.3) is 27.0 Å². The van der Waals surface area contributed by atoms with Crippen molar-refractivity contribution in [2.24, 2.45) is 0 Å². The Morgan fingerprint density at radius 3 is 2.29 bits per heavy atom. The van der Waals surface area contributed by atoms with Gasteiger partial charge in [-0.2, -0.15) is 0 Å². The van der Waals surface area contributed by atoms with E-state index in [-0.39, 0.29) is 17.4 Å². The first-order chi connectivity index (χ1) is 19.9. The predicted octanol–water partition coefficient (Wildman–Crippen LogP) is 7.73. The molecule has 3 aromatic carbocycles. The topological polar surface area (TPSA) is 72.3 Å². The van der Waals surface area contributed by atoms with Crippen molar-refractivity contribution < 1.29 is 9.59 Å². The molecular weight excluding hydrogens is 597 g/mol. The number of rotatable bonds is 5. The quantitative estimate of drug-likeness (QED) is 0.149. The third-order valence-corrected chi connectivity index (χ3v) is 9.55. The molecule has 1 atom stereocenters. The van der Waals surface area contributed by atoms with Crippen LogP contribution in [0.1, 0.15) is 29.6 Å². The number of fused-ring (bicyclic) bond motifs is 1. The third kappa shape index (κ3) is 5.57. The van der Waals surface area contributed by atoms with Gasteiger partial charge in [0.1, 0.15) is 4.83 Å². The highest BCUT2D eigenvalue weighted by Crippen LogP contribution is 2.36. The van der Waals surface area contributed by atoms with Crippen LogP contribution in [-0.4, -0.2) is 38.1 Å². The monoisotopic (exact) mass is 619 g/mol. The van der Waals surface area contributed by atoms with Crippen molar-refractivity contribution in [1.29, 1.82) is 0 Å². The molecular formula is C31H23Cl2N3O3S2. The van der Waals surface area contributed by atoms with E-state index in [1.807, 2.05) is 47.8 Å². The van der Waals surface area contributed by atoms with Gasteiger partial charge in [0.25, 0.3) is 11.5 Å². The van der Waals surface area contributed by atoms with Gasteiger partial charge in [-0.15, -0.1) is 11.3 Å². The highest BCUT2D eigenvalue weighted by atomic mass is 35.5. The van der Waals surface area contributed by atoms with E-state index >= 15 is 0 Å². The number of nitrogens with zero attached hydrogens (tertiary/aromatic N) is 3. The van der Waals surface area contributed by atoms with Gasteiger partial charge in [0, 0.05) is 33.1 Å². The normalized spacial score (nSPS) is 15.7. The first-order valence-corrected chi connectivity index (χ1v) is 15.6. The van der Waals surface area contributed by atoms with Gasteiger partial charge < -0.3 is 0 Å². The Bertz CT molecular complexity index is 1800. The van der Waals surface area contributed by atoms with Gasteiger partial charge in [0.15, 0.2) is 5.16 Å². The standard InChI is InChI=1S/C31H23Cl2N3O3S2/c32-21-13-9-19(10-14-21)24-18-40-27-26(24)30(39)36(23-6-2-1-3-7-23)31(34-27)41-25-8-4-5-17-35(29(25)38)28(37)20-11-15-22(33)16-12-20/h1-3,6-7,9-16,18,25H,4-5,8,17H2/t25-/m0/s1. The number of carbonyl (C=O) groups is 2. The molecule has 0 saturated carbocycles. The lowest BCUT2D eigenvalue weighted by atomic mass is 10.1. The fraction of sp³-hybridized carbons (Fsp3) is 0.161. The Hall–Kier alpha value is -3.43. The summed E-state index contributed by atoms with van der Waals surface area (Å²) < 4.78 is 1.57. The van der Waals surface area contributed by atoms with Crippen LogP contribution in [0.2, 0.25) is 10.0 Å². The Morgan fingerprint density at radius 2 is 1.59 bits per heavy atom. The van der Waals surface area contributed by atoms with Gasteiger partial charge in [0.2, 0.25) is 5.91 Å². The van der Waals surface area contributed by atoms with Crippen LogP contribution in [0.5, 0.6) is 0 Å². The lowest BCUT2D eigenvalue weighted by molar-refractivity contribution is -0.127. The molecule has 10 heteroatoms. The number of hydrogen-bond donors (Lipinski definition) is 0. The summed E-state index contributed by atoms with van der Waals surface area (Å²) >= 11 is 14.7. The zero-order valence-corrected chi connectivity index (χ0v) is 24.8. The molecule has 0 N–H and O–H groups in total. The summed E-state index contributed by atoms with van der Waals surface area (Å²) in [6, 6.07) is 23.2. The molecule has 0 bridgehead atoms. The van der Waals surface area contributed by atoms with Crippen LogP contribution < -0.4 is 5.56 Å². The van der Waals surface area contributed by atoms with E-state index in [9.17, 15) is 14.4 Å². The number of likely N-dealkylation sites (tertiary alicyclic amines) is 1. The van der Waals surface area contributed by atoms with Crippen LogP contribution >= 0.6 is 46.3 Å². The van der Waals surface area contributed by atoms with E-state index in [2.05, 4.69) is 0 Å². The number of imide groups is 1. The van der Waals surface area contributed by atoms with E-state index < -0.39 is 5.25 Å². The number of para-hydroxylation sites is 1. The molecule has 1 aliphatic rings. The zero-order chi connectivity index (χ0) is 28.5. The van der Waals surface area contributed by atoms with Gasteiger partial charge in [-0.1, -0.05) is 71.7 Å². The summed E-state index contributed by atoms with van der Waals surface area (Å²) in [7, 11) is 0. The second-order valence-electron chi connectivity index (χ2n) is 9.61. The number of aromatic nitrogens is 2. The maximum atomic E-state index is 14.2. The van der Waals surface area contributed by atoms with Crippen molar-refractivity contribution in [1.82, 2.24) is 14.5 Å². The number of benzene rings is 3.